The van der Waals surface area contributed by atoms with Crippen molar-refractivity contribution in [2.45, 2.75) is 50.6 Å². The molecule has 1 N–H and O–H groups in total. The molecule has 1 rings (SSSR count). The Labute approximate surface area is 116 Å². The first-order valence-corrected chi connectivity index (χ1v) is 7.00. The van der Waals surface area contributed by atoms with Gasteiger partial charge in [-0.1, -0.05) is 15.9 Å². The van der Waals surface area contributed by atoms with E-state index < -0.39 is 11.7 Å². The minimum atomic E-state index is -0.506. The molecule has 1 aliphatic heterocycles. The second kappa shape index (κ2) is 5.91. The predicted octanol–water partition coefficient (Wildman–Crippen LogP) is 1.90. The van der Waals surface area contributed by atoms with Gasteiger partial charge in [0.05, 0.1) is 0 Å². The fourth-order valence-corrected chi connectivity index (χ4v) is 2.41. The summed E-state index contributed by atoms with van der Waals surface area (Å²) in [4.78, 5) is 25.1. The average Bonchev–Trinajstić information content (AvgIpc) is 2.40. The maximum Gasteiger partial charge on any atom is 0.407 e. The number of nitrogens with one attached hydrogen (secondary N) is 1. The Morgan fingerprint density at radius 1 is 1.61 bits per heavy atom. The monoisotopic (exact) mass is 320 g/mol. The van der Waals surface area contributed by atoms with Crippen molar-refractivity contribution in [3.8, 4) is 0 Å². The van der Waals surface area contributed by atoms with Crippen LogP contribution in [0.5, 0.6) is 0 Å². The van der Waals surface area contributed by atoms with Gasteiger partial charge in [-0.05, 0) is 27.7 Å². The van der Waals surface area contributed by atoms with Crippen molar-refractivity contribution in [2.75, 3.05) is 13.1 Å². The molecule has 2 atom stereocenters. The third-order valence-electron chi connectivity index (χ3n) is 2.42. The van der Waals surface area contributed by atoms with E-state index in [-0.39, 0.29) is 16.8 Å². The van der Waals surface area contributed by atoms with Crippen molar-refractivity contribution >= 4 is 27.9 Å². The molecule has 0 aromatic carbocycles. The third kappa shape index (κ3) is 5.25. The number of halogens is 1. The van der Waals surface area contributed by atoms with Crippen LogP contribution in [0, 0.1) is 0 Å². The van der Waals surface area contributed by atoms with Crippen molar-refractivity contribution in [3.63, 3.8) is 0 Å². The number of ether oxygens (including phenoxy) is 1. The van der Waals surface area contributed by atoms with Gasteiger partial charge in [-0.25, -0.2) is 4.79 Å². The van der Waals surface area contributed by atoms with Gasteiger partial charge in [0.15, 0.2) is 0 Å². The van der Waals surface area contributed by atoms with Gasteiger partial charge in [0, 0.05) is 30.4 Å². The van der Waals surface area contributed by atoms with Crippen LogP contribution >= 0.6 is 15.9 Å². The van der Waals surface area contributed by atoms with Gasteiger partial charge in [0.2, 0.25) is 5.91 Å². The zero-order chi connectivity index (χ0) is 13.9. The van der Waals surface area contributed by atoms with E-state index in [4.69, 9.17) is 4.74 Å². The molecule has 2 amide bonds. The molecule has 104 valence electrons. The second-order valence-corrected chi connectivity index (χ2v) is 6.94. The Balaban J connectivity index is 2.35. The molecule has 0 aromatic heterocycles. The van der Waals surface area contributed by atoms with Crippen molar-refractivity contribution in [1.29, 1.82) is 0 Å². The molecule has 0 radical (unpaired) electrons. The highest BCUT2D eigenvalue weighted by Crippen LogP contribution is 2.18. The highest BCUT2D eigenvalue weighted by molar-refractivity contribution is 9.09. The number of carbonyl (C=O) groups excluding carboxylic acids is 2. The van der Waals surface area contributed by atoms with Gasteiger partial charge in [-0.3, -0.25) is 4.79 Å². The molecule has 2 unspecified atom stereocenters. The maximum atomic E-state index is 11.6. The normalized spacial score (nSPS) is 21.9. The first kappa shape index (κ1) is 15.3. The summed E-state index contributed by atoms with van der Waals surface area (Å²) in [5, 5.41) is 2.73. The van der Waals surface area contributed by atoms with E-state index >= 15 is 0 Å². The van der Waals surface area contributed by atoms with E-state index in [1.807, 2.05) is 27.7 Å². The lowest BCUT2D eigenvalue weighted by molar-refractivity contribution is -0.127. The highest BCUT2D eigenvalue weighted by Gasteiger charge is 2.29. The van der Waals surface area contributed by atoms with Crippen LogP contribution in [0.2, 0.25) is 0 Å². The number of amides is 2. The summed E-state index contributed by atoms with van der Waals surface area (Å²) in [5.74, 6) is 0.120. The minimum absolute atomic E-state index is 0.120. The summed E-state index contributed by atoms with van der Waals surface area (Å²) >= 11 is 3.43. The fourth-order valence-electron chi connectivity index (χ4n) is 1.79. The van der Waals surface area contributed by atoms with Crippen LogP contribution in [0.3, 0.4) is 0 Å². The van der Waals surface area contributed by atoms with Crippen molar-refractivity contribution < 1.29 is 14.3 Å². The highest BCUT2D eigenvalue weighted by atomic mass is 79.9. The number of alkyl carbamates (subject to hydrolysis) is 1. The summed E-state index contributed by atoms with van der Waals surface area (Å²) in [6.07, 6.45) is 0.0798. The lowest BCUT2D eigenvalue weighted by Crippen LogP contribution is -2.44. The first-order chi connectivity index (χ1) is 8.17. The zero-order valence-corrected chi connectivity index (χ0v) is 12.9. The van der Waals surface area contributed by atoms with E-state index in [0.717, 1.165) is 0 Å². The molecule has 6 heteroatoms. The summed E-state index contributed by atoms with van der Waals surface area (Å²) in [7, 11) is 0. The maximum absolute atomic E-state index is 11.6. The molecule has 1 saturated heterocycles. The van der Waals surface area contributed by atoms with Crippen molar-refractivity contribution in [3.05, 3.63) is 0 Å². The number of alkyl halides is 1. The van der Waals surface area contributed by atoms with Crippen molar-refractivity contribution in [1.82, 2.24) is 10.2 Å². The lowest BCUT2D eigenvalue weighted by atomic mass is 10.2. The number of likely N-dealkylation sites (tertiary alicyclic amines) is 1. The van der Waals surface area contributed by atoms with Crippen molar-refractivity contribution in [2.24, 2.45) is 0 Å². The molecule has 0 spiro atoms. The van der Waals surface area contributed by atoms with Crippen LogP contribution < -0.4 is 5.32 Å². The average molecular weight is 321 g/mol. The number of carbonyl (C=O) groups is 2. The first-order valence-electron chi connectivity index (χ1n) is 6.09. The molecular formula is C12H21BrN2O3. The van der Waals surface area contributed by atoms with Crippen LogP contribution in [0.4, 0.5) is 4.79 Å². The van der Waals surface area contributed by atoms with E-state index in [1.54, 1.807) is 4.90 Å². The lowest BCUT2D eigenvalue weighted by Gasteiger charge is -2.24. The summed E-state index contributed by atoms with van der Waals surface area (Å²) in [6, 6.07) is -0.124. The second-order valence-electron chi connectivity index (χ2n) is 5.65. The third-order valence-corrected chi connectivity index (χ3v) is 3.04. The summed E-state index contributed by atoms with van der Waals surface area (Å²) in [6.45, 7) is 8.52. The topological polar surface area (TPSA) is 58.6 Å². The molecule has 0 aromatic rings. The Morgan fingerprint density at radius 2 is 2.22 bits per heavy atom. The van der Waals surface area contributed by atoms with Crippen LogP contribution in [0.15, 0.2) is 0 Å². The molecule has 1 fully saturated rings. The Bertz CT molecular complexity index is 328. The number of nitrogens with zero attached hydrogens (tertiary/aromatic N) is 1. The molecule has 5 nitrogen and oxygen atoms in total. The Morgan fingerprint density at radius 3 is 2.67 bits per heavy atom. The predicted molar refractivity (Wildman–Crippen MR) is 72.7 cm³/mol. The SMILES string of the molecule is CC(CN1CC(Br)CC1=O)NC(=O)OC(C)(C)C. The summed E-state index contributed by atoms with van der Waals surface area (Å²) < 4.78 is 5.16. The molecule has 1 heterocycles. The van der Waals surface area contributed by atoms with Gasteiger partial charge >= 0.3 is 6.09 Å². The quantitative estimate of drug-likeness (QED) is 0.808. The van der Waals surface area contributed by atoms with Gasteiger partial charge in [0.1, 0.15) is 5.60 Å². The van der Waals surface area contributed by atoms with E-state index in [1.165, 1.54) is 0 Å². The number of hydrogen-bond acceptors (Lipinski definition) is 3. The molecule has 0 aliphatic carbocycles. The summed E-state index contributed by atoms with van der Waals surface area (Å²) in [5.41, 5.74) is -0.506. The molecule has 18 heavy (non-hydrogen) atoms. The van der Waals surface area contributed by atoms with Gasteiger partial charge in [-0.2, -0.15) is 0 Å². The molecular weight excluding hydrogens is 300 g/mol. The van der Waals surface area contributed by atoms with Gasteiger partial charge in [-0.15, -0.1) is 0 Å². The number of hydrogen-bond donors (Lipinski definition) is 1. The standard InChI is InChI=1S/C12H21BrN2O3/c1-8(14-11(17)18-12(2,3)4)6-15-7-9(13)5-10(15)16/h8-9H,5-7H2,1-4H3,(H,14,17). The Kier molecular flexibility index (Phi) is 5.01. The fraction of sp³-hybridized carbons (Fsp3) is 0.833. The largest absolute Gasteiger partial charge is 0.444 e. The molecule has 0 bridgehead atoms. The van der Waals surface area contributed by atoms with Crippen LogP contribution in [0.1, 0.15) is 34.1 Å². The minimum Gasteiger partial charge on any atom is -0.444 e. The van der Waals surface area contributed by atoms with Gasteiger partial charge < -0.3 is 15.0 Å². The van der Waals surface area contributed by atoms with E-state index in [2.05, 4.69) is 21.2 Å². The molecule has 0 saturated carbocycles. The van der Waals surface area contributed by atoms with Gasteiger partial charge in [0.25, 0.3) is 0 Å². The van der Waals surface area contributed by atoms with E-state index in [0.29, 0.717) is 19.5 Å². The zero-order valence-electron chi connectivity index (χ0n) is 11.3. The smallest absolute Gasteiger partial charge is 0.407 e. The molecule has 1 aliphatic rings. The van der Waals surface area contributed by atoms with Crippen LogP contribution in [-0.2, 0) is 9.53 Å². The van der Waals surface area contributed by atoms with E-state index in [9.17, 15) is 9.59 Å². The Hall–Kier alpha value is -0.780. The van der Waals surface area contributed by atoms with Crippen LogP contribution in [0.25, 0.3) is 0 Å². The van der Waals surface area contributed by atoms with Crippen LogP contribution in [-0.4, -0.2) is 46.5 Å². The number of rotatable bonds is 3.